The van der Waals surface area contributed by atoms with Gasteiger partial charge in [-0.2, -0.15) is 0 Å². The van der Waals surface area contributed by atoms with Crippen molar-refractivity contribution in [3.05, 3.63) is 29.3 Å². The molecular formula is C19H21N2O8+. The number of hydrogen-bond acceptors (Lipinski definition) is 6. The van der Waals surface area contributed by atoms with Crippen molar-refractivity contribution in [3.63, 3.8) is 0 Å². The Morgan fingerprint density at radius 2 is 1.86 bits per heavy atom. The second-order valence-corrected chi connectivity index (χ2v) is 7.95. The van der Waals surface area contributed by atoms with Gasteiger partial charge < -0.3 is 25.7 Å². The average molecular weight is 405 g/mol. The number of quaternary nitrogens is 1. The fourth-order valence-electron chi connectivity index (χ4n) is 5.20. The molecule has 29 heavy (non-hydrogen) atoms. The molecule has 0 bridgehead atoms. The second-order valence-electron chi connectivity index (χ2n) is 7.95. The first kappa shape index (κ1) is 19.3. The lowest BCUT2D eigenvalue weighted by molar-refractivity contribution is -0.874. The topological polar surface area (TPSA) is 161 Å². The Balaban J connectivity index is 1.60. The predicted octanol–water partition coefficient (Wildman–Crippen LogP) is -0.109. The summed E-state index contributed by atoms with van der Waals surface area (Å²) >= 11 is 0. The summed E-state index contributed by atoms with van der Waals surface area (Å²) in [5.41, 5.74) is -1.67. The van der Waals surface area contributed by atoms with Crippen LogP contribution in [0, 0.1) is 5.92 Å². The van der Waals surface area contributed by atoms with Crippen LogP contribution in [0.4, 0.5) is 0 Å². The number of carboxylic acids is 2. The number of phenolic OH excluding ortho intramolecular Hbond substituents is 1. The molecular weight excluding hydrogens is 384 g/mol. The van der Waals surface area contributed by atoms with Crippen molar-refractivity contribution < 1.29 is 44.1 Å². The molecule has 10 nitrogen and oxygen atoms in total. The molecule has 4 rings (SSSR count). The van der Waals surface area contributed by atoms with Crippen LogP contribution in [0.3, 0.4) is 0 Å². The number of carbonyl (C=O) groups is 4. The second kappa shape index (κ2) is 6.26. The number of aliphatic carboxylic acids is 1. The highest BCUT2D eigenvalue weighted by atomic mass is 16.4. The predicted molar refractivity (Wildman–Crippen MR) is 94.8 cm³/mol. The largest absolute Gasteiger partial charge is 0.508 e. The van der Waals surface area contributed by atoms with Crippen LogP contribution >= 0.6 is 0 Å². The van der Waals surface area contributed by atoms with Crippen molar-refractivity contribution in [2.24, 2.45) is 5.92 Å². The number of hydrogen-bond donors (Lipinski definition) is 5. The quantitative estimate of drug-likeness (QED) is 0.342. The fourth-order valence-corrected chi connectivity index (χ4v) is 5.20. The van der Waals surface area contributed by atoms with Crippen molar-refractivity contribution >= 4 is 23.8 Å². The van der Waals surface area contributed by atoms with Gasteiger partial charge in [-0.1, -0.05) is 0 Å². The van der Waals surface area contributed by atoms with E-state index in [1.807, 2.05) is 0 Å². The first-order chi connectivity index (χ1) is 13.6. The van der Waals surface area contributed by atoms with Crippen LogP contribution in [0.25, 0.3) is 0 Å². The molecule has 3 fully saturated rings. The molecule has 5 N–H and O–H groups in total. The number of fused-ring (bicyclic) bond motifs is 1. The van der Waals surface area contributed by atoms with E-state index in [0.29, 0.717) is 19.4 Å². The van der Waals surface area contributed by atoms with Gasteiger partial charge in [0, 0.05) is 6.42 Å². The maximum atomic E-state index is 12.9. The lowest BCUT2D eigenvalue weighted by Crippen LogP contribution is -2.65. The Hall–Kier alpha value is -2.98. The smallest absolute Gasteiger partial charge is 0.378 e. The van der Waals surface area contributed by atoms with E-state index in [1.54, 1.807) is 0 Å². The molecule has 1 aromatic carbocycles. The third-order valence-electron chi connectivity index (χ3n) is 6.70. The zero-order chi connectivity index (χ0) is 21.1. The number of carboxylic acid groups (broad SMARTS) is 2. The maximum Gasteiger partial charge on any atom is 0.378 e. The highest BCUT2D eigenvalue weighted by molar-refractivity contribution is 6.05. The van der Waals surface area contributed by atoms with Crippen molar-refractivity contribution in [1.29, 1.82) is 0 Å². The minimum absolute atomic E-state index is 0.0110. The molecule has 0 aromatic heterocycles. The molecule has 0 radical (unpaired) electrons. The van der Waals surface area contributed by atoms with E-state index >= 15 is 0 Å². The van der Waals surface area contributed by atoms with Crippen molar-refractivity contribution in [2.45, 2.75) is 43.5 Å². The van der Waals surface area contributed by atoms with E-state index in [0.717, 1.165) is 6.07 Å². The molecule has 10 heteroatoms. The summed E-state index contributed by atoms with van der Waals surface area (Å²) < 4.78 is -0.164. The number of aromatic hydroxyl groups is 1. The van der Waals surface area contributed by atoms with Gasteiger partial charge in [-0.3, -0.25) is 9.59 Å². The van der Waals surface area contributed by atoms with E-state index < -0.39 is 41.6 Å². The summed E-state index contributed by atoms with van der Waals surface area (Å²) in [6.07, 6.45) is -0.438. The molecule has 154 valence electrons. The molecule has 1 aromatic rings. The van der Waals surface area contributed by atoms with Crippen LogP contribution in [0.5, 0.6) is 5.75 Å². The first-order valence-corrected chi connectivity index (χ1v) is 9.36. The Bertz CT molecular complexity index is 946. The summed E-state index contributed by atoms with van der Waals surface area (Å²) in [7, 11) is 0. The summed E-state index contributed by atoms with van der Waals surface area (Å²) in [4.78, 5) is 48.8. The molecule has 1 saturated carbocycles. The SMILES string of the molecule is O=C(O)c1cc(O)ccc1C(=O)NC1CC[N+]12C(=O)C21CCC(O)CC1C(=O)O. The van der Waals surface area contributed by atoms with Gasteiger partial charge in [0.2, 0.25) is 5.54 Å². The van der Waals surface area contributed by atoms with Gasteiger partial charge in [-0.25, -0.2) is 14.1 Å². The molecule has 1 aliphatic carbocycles. The van der Waals surface area contributed by atoms with Gasteiger partial charge in [0.15, 0.2) is 6.17 Å². The Kier molecular flexibility index (Phi) is 4.18. The van der Waals surface area contributed by atoms with Gasteiger partial charge in [0.1, 0.15) is 11.7 Å². The fraction of sp³-hybridized carbons (Fsp3) is 0.474. The number of aliphatic hydroxyl groups is 1. The lowest BCUT2D eigenvalue weighted by Gasteiger charge is -2.42. The van der Waals surface area contributed by atoms with Crippen LogP contribution in [-0.2, 0) is 9.59 Å². The van der Waals surface area contributed by atoms with Crippen LogP contribution < -0.4 is 5.32 Å². The Morgan fingerprint density at radius 1 is 1.14 bits per heavy atom. The molecule has 5 unspecified atom stereocenters. The molecule has 2 amide bonds. The zero-order valence-electron chi connectivity index (χ0n) is 15.4. The minimum atomic E-state index is -1.38. The highest BCUT2D eigenvalue weighted by Crippen LogP contribution is 2.62. The van der Waals surface area contributed by atoms with Crippen molar-refractivity contribution in [2.75, 3.05) is 6.54 Å². The standard InChI is InChI=1S/C19H20N2O8/c22-9-1-2-11(12(7-9)16(25)26)15(24)20-14-4-6-21(14)18(29)19(21)5-3-10(23)8-13(19)17(27)28/h1-2,7,10,13-14,23H,3-6,8H2,(H3-,20,22,24,25,26,27,28)/p+1. The van der Waals surface area contributed by atoms with E-state index in [4.69, 9.17) is 0 Å². The first-order valence-electron chi connectivity index (χ1n) is 9.36. The number of amides is 2. The van der Waals surface area contributed by atoms with E-state index in [1.165, 1.54) is 12.1 Å². The Morgan fingerprint density at radius 3 is 2.45 bits per heavy atom. The van der Waals surface area contributed by atoms with E-state index in [2.05, 4.69) is 5.32 Å². The summed E-state index contributed by atoms with van der Waals surface area (Å²) in [5, 5.41) is 40.9. The molecule has 2 aliphatic heterocycles. The summed E-state index contributed by atoms with van der Waals surface area (Å²) in [6.45, 7) is 0.394. The van der Waals surface area contributed by atoms with Crippen LogP contribution in [0.15, 0.2) is 18.2 Å². The number of aliphatic hydroxyl groups excluding tert-OH is 1. The van der Waals surface area contributed by atoms with Gasteiger partial charge in [0.25, 0.3) is 5.91 Å². The van der Waals surface area contributed by atoms with Crippen LogP contribution in [0.2, 0.25) is 0 Å². The number of benzene rings is 1. The average Bonchev–Trinajstić information content (AvgIpc) is 3.21. The van der Waals surface area contributed by atoms with Gasteiger partial charge in [0.05, 0.1) is 30.2 Å². The number of aromatic carboxylic acids is 1. The minimum Gasteiger partial charge on any atom is -0.508 e. The van der Waals surface area contributed by atoms with Gasteiger partial charge in [-0.05, 0) is 31.0 Å². The molecule has 2 spiro atoms. The number of rotatable bonds is 4. The molecule has 2 saturated heterocycles. The van der Waals surface area contributed by atoms with Gasteiger partial charge >= 0.3 is 17.8 Å². The van der Waals surface area contributed by atoms with Crippen molar-refractivity contribution in [3.8, 4) is 5.75 Å². The highest BCUT2D eigenvalue weighted by Gasteiger charge is 2.90. The van der Waals surface area contributed by atoms with Gasteiger partial charge in [-0.15, -0.1) is 0 Å². The van der Waals surface area contributed by atoms with Crippen LogP contribution in [0.1, 0.15) is 46.4 Å². The molecule has 2 heterocycles. The zero-order valence-corrected chi connectivity index (χ0v) is 15.4. The number of nitrogens with one attached hydrogen (secondary N) is 1. The summed E-state index contributed by atoms with van der Waals surface area (Å²) in [6, 6.07) is 3.35. The maximum absolute atomic E-state index is 12.9. The lowest BCUT2D eigenvalue weighted by atomic mass is 9.76. The van der Waals surface area contributed by atoms with Crippen molar-refractivity contribution in [1.82, 2.24) is 5.32 Å². The number of carbonyl (C=O) groups excluding carboxylic acids is 2. The van der Waals surface area contributed by atoms with E-state index in [-0.39, 0.29) is 40.1 Å². The monoisotopic (exact) mass is 405 g/mol. The number of nitrogens with zero attached hydrogens (tertiary/aromatic N) is 1. The Labute approximate surface area is 165 Å². The molecule has 5 atom stereocenters. The third-order valence-corrected chi connectivity index (χ3v) is 6.70. The third kappa shape index (κ3) is 2.49. The van der Waals surface area contributed by atoms with Crippen LogP contribution in [-0.4, -0.2) is 73.0 Å². The normalized spacial score (nSPS) is 35.2. The van der Waals surface area contributed by atoms with E-state index in [9.17, 15) is 39.6 Å². The number of phenols is 1. The molecule has 3 aliphatic rings. The summed E-state index contributed by atoms with van der Waals surface area (Å²) in [5.74, 6) is -4.80.